The lowest BCUT2D eigenvalue weighted by Gasteiger charge is -2.24. The Balaban J connectivity index is 1.52. The Hall–Kier alpha value is -2.33. The maximum Gasteiger partial charge on any atom is 0.227 e. The summed E-state index contributed by atoms with van der Waals surface area (Å²) in [5, 5.41) is 6.57. The van der Waals surface area contributed by atoms with Crippen LogP contribution < -0.4 is 10.6 Å². The largest absolute Gasteiger partial charge is 0.350 e. The highest BCUT2D eigenvalue weighted by Crippen LogP contribution is 2.27. The molecule has 0 aliphatic carbocycles. The normalized spacial score (nSPS) is 17.4. The molecule has 2 amide bonds. The number of nitrogens with one attached hydrogen (secondary N) is 2. The Morgan fingerprint density at radius 1 is 1.24 bits per heavy atom. The molecule has 2 aromatic carbocycles. The van der Waals surface area contributed by atoms with E-state index in [1.165, 1.54) is 0 Å². The molecular weight excluding hydrogens is 336 g/mol. The third kappa shape index (κ3) is 4.40. The van der Waals surface area contributed by atoms with Gasteiger partial charge in [-0.3, -0.25) is 9.59 Å². The second-order valence-corrected chi connectivity index (χ2v) is 6.86. The van der Waals surface area contributed by atoms with Crippen LogP contribution in [0.4, 0.5) is 5.69 Å². The lowest BCUT2D eigenvalue weighted by molar-refractivity contribution is -0.123. The number of hydrogen-bond acceptors (Lipinski definition) is 2. The number of amides is 2. The van der Waals surface area contributed by atoms with Gasteiger partial charge in [0.2, 0.25) is 11.8 Å². The molecule has 0 saturated heterocycles. The molecular formula is C20H21ClN2O2. The highest BCUT2D eigenvalue weighted by molar-refractivity contribution is 6.30. The van der Waals surface area contributed by atoms with E-state index >= 15 is 0 Å². The van der Waals surface area contributed by atoms with Crippen LogP contribution in [0.3, 0.4) is 0 Å². The molecule has 0 saturated carbocycles. The van der Waals surface area contributed by atoms with Crippen molar-refractivity contribution in [1.29, 1.82) is 0 Å². The van der Waals surface area contributed by atoms with Crippen LogP contribution in [0, 0.1) is 5.92 Å². The van der Waals surface area contributed by atoms with Crippen molar-refractivity contribution in [1.82, 2.24) is 5.32 Å². The Kier molecular flexibility index (Phi) is 5.39. The molecule has 0 aromatic heterocycles. The van der Waals surface area contributed by atoms with Crippen molar-refractivity contribution < 1.29 is 9.59 Å². The number of carbonyl (C=O) groups excluding carboxylic acids is 2. The SMILES string of the molecule is C[C@H](NC(=O)CC[C@@H]1Cc2ccccc2NC1=O)c1ccc(Cl)cc1. The monoisotopic (exact) mass is 356 g/mol. The maximum atomic E-state index is 12.2. The predicted octanol–water partition coefficient (Wildman–Crippen LogP) is 4.11. The highest BCUT2D eigenvalue weighted by atomic mass is 35.5. The molecule has 2 aromatic rings. The zero-order valence-corrected chi connectivity index (χ0v) is 14.8. The van der Waals surface area contributed by atoms with Gasteiger partial charge in [-0.25, -0.2) is 0 Å². The Morgan fingerprint density at radius 3 is 2.72 bits per heavy atom. The summed E-state index contributed by atoms with van der Waals surface area (Å²) in [7, 11) is 0. The minimum Gasteiger partial charge on any atom is -0.350 e. The van der Waals surface area contributed by atoms with Crippen LogP contribution in [0.2, 0.25) is 5.02 Å². The molecule has 0 unspecified atom stereocenters. The number of fused-ring (bicyclic) bond motifs is 1. The van der Waals surface area contributed by atoms with E-state index in [0.717, 1.165) is 16.8 Å². The lowest BCUT2D eigenvalue weighted by Crippen LogP contribution is -2.32. The molecule has 2 atom stereocenters. The van der Waals surface area contributed by atoms with Crippen molar-refractivity contribution >= 4 is 29.1 Å². The first-order valence-corrected chi connectivity index (χ1v) is 8.84. The van der Waals surface area contributed by atoms with Crippen molar-refractivity contribution in [3.05, 3.63) is 64.7 Å². The first-order chi connectivity index (χ1) is 12.0. The van der Waals surface area contributed by atoms with Gasteiger partial charge in [0.25, 0.3) is 0 Å². The third-order valence-corrected chi connectivity index (χ3v) is 4.83. The molecule has 1 heterocycles. The van der Waals surface area contributed by atoms with Gasteiger partial charge < -0.3 is 10.6 Å². The summed E-state index contributed by atoms with van der Waals surface area (Å²) in [4.78, 5) is 24.4. The molecule has 0 radical (unpaired) electrons. The molecule has 0 fully saturated rings. The van der Waals surface area contributed by atoms with E-state index in [0.29, 0.717) is 24.3 Å². The van der Waals surface area contributed by atoms with Gasteiger partial charge in [0.1, 0.15) is 0 Å². The highest BCUT2D eigenvalue weighted by Gasteiger charge is 2.26. The maximum absolute atomic E-state index is 12.2. The summed E-state index contributed by atoms with van der Waals surface area (Å²) in [5.41, 5.74) is 3.01. The van der Waals surface area contributed by atoms with E-state index in [1.54, 1.807) is 0 Å². The van der Waals surface area contributed by atoms with Gasteiger partial charge >= 0.3 is 0 Å². The first-order valence-electron chi connectivity index (χ1n) is 8.46. The molecule has 1 aliphatic heterocycles. The first kappa shape index (κ1) is 17.5. The lowest BCUT2D eigenvalue weighted by atomic mass is 9.89. The van der Waals surface area contributed by atoms with E-state index in [2.05, 4.69) is 10.6 Å². The summed E-state index contributed by atoms with van der Waals surface area (Å²) in [5.74, 6) is -0.210. The quantitative estimate of drug-likeness (QED) is 0.847. The van der Waals surface area contributed by atoms with Crippen LogP contribution in [0.5, 0.6) is 0 Å². The van der Waals surface area contributed by atoms with Gasteiger partial charge in [0.05, 0.1) is 6.04 Å². The molecule has 0 bridgehead atoms. The molecule has 2 N–H and O–H groups in total. The average molecular weight is 357 g/mol. The zero-order chi connectivity index (χ0) is 17.8. The van der Waals surface area contributed by atoms with Gasteiger partial charge in [0, 0.05) is 23.0 Å². The molecule has 4 nitrogen and oxygen atoms in total. The molecule has 1 aliphatic rings. The number of rotatable bonds is 5. The van der Waals surface area contributed by atoms with E-state index in [-0.39, 0.29) is 23.8 Å². The van der Waals surface area contributed by atoms with E-state index < -0.39 is 0 Å². The fraction of sp³-hybridized carbons (Fsp3) is 0.300. The number of para-hydroxylation sites is 1. The van der Waals surface area contributed by atoms with Gasteiger partial charge in [0.15, 0.2) is 0 Å². The smallest absolute Gasteiger partial charge is 0.227 e. The summed E-state index contributed by atoms with van der Waals surface area (Å²) < 4.78 is 0. The second-order valence-electron chi connectivity index (χ2n) is 6.43. The van der Waals surface area contributed by atoms with Gasteiger partial charge in [-0.05, 0) is 49.1 Å². The Morgan fingerprint density at radius 2 is 1.96 bits per heavy atom. The third-order valence-electron chi connectivity index (χ3n) is 4.58. The minimum atomic E-state index is -0.161. The summed E-state index contributed by atoms with van der Waals surface area (Å²) in [6, 6.07) is 15.1. The van der Waals surface area contributed by atoms with Gasteiger partial charge in [-0.2, -0.15) is 0 Å². The van der Waals surface area contributed by atoms with Crippen LogP contribution in [0.25, 0.3) is 0 Å². The molecule has 25 heavy (non-hydrogen) atoms. The number of benzene rings is 2. The van der Waals surface area contributed by atoms with Gasteiger partial charge in [-0.1, -0.05) is 41.9 Å². The van der Waals surface area contributed by atoms with Crippen molar-refractivity contribution in [3.8, 4) is 0 Å². The Labute approximate surface area is 152 Å². The topological polar surface area (TPSA) is 58.2 Å². The van der Waals surface area contributed by atoms with Crippen molar-refractivity contribution in [2.45, 2.75) is 32.2 Å². The van der Waals surface area contributed by atoms with Crippen molar-refractivity contribution in [2.75, 3.05) is 5.32 Å². The van der Waals surface area contributed by atoms with Crippen LogP contribution in [-0.4, -0.2) is 11.8 Å². The fourth-order valence-corrected chi connectivity index (χ4v) is 3.23. The number of anilines is 1. The van der Waals surface area contributed by atoms with E-state index in [4.69, 9.17) is 11.6 Å². The number of hydrogen-bond donors (Lipinski definition) is 2. The van der Waals surface area contributed by atoms with Gasteiger partial charge in [-0.15, -0.1) is 0 Å². The Bertz CT molecular complexity index is 774. The van der Waals surface area contributed by atoms with Crippen molar-refractivity contribution in [2.24, 2.45) is 5.92 Å². The average Bonchev–Trinajstić information content (AvgIpc) is 2.60. The summed E-state index contributed by atoms with van der Waals surface area (Å²) in [6.07, 6.45) is 1.56. The standard InChI is InChI=1S/C20H21ClN2O2/c1-13(14-6-9-17(21)10-7-14)22-19(24)11-8-16-12-15-4-2-3-5-18(15)23-20(16)25/h2-7,9-10,13,16H,8,11-12H2,1H3,(H,22,24)(H,23,25)/t13-,16+/m0/s1. The van der Waals surface area contributed by atoms with Crippen molar-refractivity contribution in [3.63, 3.8) is 0 Å². The molecule has 5 heteroatoms. The number of carbonyl (C=O) groups is 2. The van der Waals surface area contributed by atoms with E-state index in [9.17, 15) is 9.59 Å². The minimum absolute atomic E-state index is 0.00255. The molecule has 0 spiro atoms. The van der Waals surface area contributed by atoms with Crippen LogP contribution in [0.15, 0.2) is 48.5 Å². The zero-order valence-electron chi connectivity index (χ0n) is 14.1. The van der Waals surface area contributed by atoms with Crippen LogP contribution in [0.1, 0.15) is 36.9 Å². The second kappa shape index (κ2) is 7.70. The van der Waals surface area contributed by atoms with Crippen LogP contribution >= 0.6 is 11.6 Å². The summed E-state index contributed by atoms with van der Waals surface area (Å²) >= 11 is 5.88. The number of halogens is 1. The summed E-state index contributed by atoms with van der Waals surface area (Å²) in [6.45, 7) is 1.94. The van der Waals surface area contributed by atoms with Crippen LogP contribution in [-0.2, 0) is 16.0 Å². The molecule has 3 rings (SSSR count). The predicted molar refractivity (Wildman–Crippen MR) is 99.5 cm³/mol. The fourth-order valence-electron chi connectivity index (χ4n) is 3.10. The molecule has 130 valence electrons. The van der Waals surface area contributed by atoms with E-state index in [1.807, 2.05) is 55.5 Å².